The maximum Gasteiger partial charge on any atom is 0.253 e. The molecule has 0 radical (unpaired) electrons. The smallest absolute Gasteiger partial charge is 0.253 e. The van der Waals surface area contributed by atoms with E-state index in [1.54, 1.807) is 30.3 Å². The molecule has 2 heterocycles. The number of rotatable bonds is 7. The largest absolute Gasteiger partial charge is 0.340 e. The van der Waals surface area contributed by atoms with Crippen LogP contribution in [0, 0.1) is 23.0 Å². The SMILES string of the molecule is N#CC1(NC(=O)[C@H](Cc2c(F)cccc2F)NC(=O)c2ccc(-c3ccccc3Cl)nc2)CCS(=O)(=O)CC1. The lowest BCUT2D eigenvalue weighted by Gasteiger charge is -2.33. The average Bonchev–Trinajstić information content (AvgIpc) is 2.92. The van der Waals surface area contributed by atoms with Crippen molar-refractivity contribution >= 4 is 33.3 Å². The van der Waals surface area contributed by atoms with Gasteiger partial charge in [-0.3, -0.25) is 14.6 Å². The molecule has 202 valence electrons. The minimum atomic E-state index is -3.35. The molecule has 1 atom stereocenters. The zero-order chi connectivity index (χ0) is 28.2. The normalized spacial score (nSPS) is 16.5. The topological polar surface area (TPSA) is 129 Å². The zero-order valence-electron chi connectivity index (χ0n) is 20.5. The Labute approximate surface area is 228 Å². The molecular weight excluding hydrogens is 550 g/mol. The number of amides is 2. The van der Waals surface area contributed by atoms with Crippen molar-refractivity contribution in [2.45, 2.75) is 30.8 Å². The number of nitrogens with zero attached hydrogens (tertiary/aromatic N) is 2. The molecule has 1 saturated heterocycles. The Bertz CT molecular complexity index is 1520. The van der Waals surface area contributed by atoms with Gasteiger partial charge in [-0.1, -0.05) is 35.9 Å². The van der Waals surface area contributed by atoms with Crippen LogP contribution in [0.1, 0.15) is 28.8 Å². The summed E-state index contributed by atoms with van der Waals surface area (Å²) in [6, 6.07) is 13.7. The minimum absolute atomic E-state index is 0.0661. The summed E-state index contributed by atoms with van der Waals surface area (Å²) in [6.45, 7) is 0. The Hall–Kier alpha value is -3.88. The number of nitriles is 1. The van der Waals surface area contributed by atoms with Crippen LogP contribution < -0.4 is 10.6 Å². The zero-order valence-corrected chi connectivity index (χ0v) is 22.0. The second-order valence-corrected chi connectivity index (χ2v) is 11.9. The van der Waals surface area contributed by atoms with Gasteiger partial charge in [-0.05, 0) is 43.2 Å². The maximum atomic E-state index is 14.4. The Kier molecular flexibility index (Phi) is 8.28. The molecule has 4 rings (SSSR count). The molecule has 1 fully saturated rings. The first-order valence-electron chi connectivity index (χ1n) is 11.9. The molecule has 2 amide bonds. The lowest BCUT2D eigenvalue weighted by molar-refractivity contribution is -0.124. The molecule has 12 heteroatoms. The van der Waals surface area contributed by atoms with Gasteiger partial charge in [-0.25, -0.2) is 17.2 Å². The molecule has 0 bridgehead atoms. The van der Waals surface area contributed by atoms with Crippen molar-refractivity contribution in [2.75, 3.05) is 11.5 Å². The summed E-state index contributed by atoms with van der Waals surface area (Å²) in [7, 11) is -3.35. The number of benzene rings is 2. The maximum absolute atomic E-state index is 14.4. The highest BCUT2D eigenvalue weighted by molar-refractivity contribution is 7.91. The fourth-order valence-corrected chi connectivity index (χ4v) is 5.97. The van der Waals surface area contributed by atoms with Crippen molar-refractivity contribution in [1.29, 1.82) is 5.26 Å². The number of nitrogens with one attached hydrogen (secondary N) is 2. The van der Waals surface area contributed by atoms with Crippen molar-refractivity contribution in [3.8, 4) is 17.3 Å². The Morgan fingerprint density at radius 1 is 1.05 bits per heavy atom. The summed E-state index contributed by atoms with van der Waals surface area (Å²) in [5, 5.41) is 15.2. The first kappa shape index (κ1) is 28.1. The predicted molar refractivity (Wildman–Crippen MR) is 140 cm³/mol. The molecule has 0 unspecified atom stereocenters. The first-order chi connectivity index (χ1) is 18.5. The van der Waals surface area contributed by atoms with Gasteiger partial charge in [0.15, 0.2) is 9.84 Å². The Morgan fingerprint density at radius 2 is 1.72 bits per heavy atom. The number of carbonyl (C=O) groups excluding carboxylic acids is 2. The van der Waals surface area contributed by atoms with E-state index in [0.717, 1.165) is 12.1 Å². The molecule has 2 aromatic carbocycles. The van der Waals surface area contributed by atoms with E-state index < -0.39 is 56.9 Å². The van der Waals surface area contributed by atoms with Gasteiger partial charge in [0.2, 0.25) is 5.91 Å². The van der Waals surface area contributed by atoms with Crippen LogP contribution in [0.2, 0.25) is 5.02 Å². The molecule has 0 aliphatic carbocycles. The number of hydrogen-bond acceptors (Lipinski definition) is 6. The predicted octanol–water partition coefficient (Wildman–Crippen LogP) is 3.61. The van der Waals surface area contributed by atoms with Crippen LogP contribution in [0.4, 0.5) is 8.78 Å². The summed E-state index contributed by atoms with van der Waals surface area (Å²) in [5.74, 6) is -4.06. The monoisotopic (exact) mass is 572 g/mol. The van der Waals surface area contributed by atoms with Gasteiger partial charge in [0.1, 0.15) is 23.2 Å². The summed E-state index contributed by atoms with van der Waals surface area (Å²) in [5.41, 5.74) is -0.714. The minimum Gasteiger partial charge on any atom is -0.340 e. The molecule has 39 heavy (non-hydrogen) atoms. The summed E-state index contributed by atoms with van der Waals surface area (Å²) in [4.78, 5) is 30.6. The number of aromatic nitrogens is 1. The molecule has 2 N–H and O–H groups in total. The fourth-order valence-electron chi connectivity index (χ4n) is 4.21. The van der Waals surface area contributed by atoms with Gasteiger partial charge >= 0.3 is 0 Å². The van der Waals surface area contributed by atoms with Crippen molar-refractivity contribution < 1.29 is 26.8 Å². The van der Waals surface area contributed by atoms with Crippen LogP contribution in [0.15, 0.2) is 60.8 Å². The second kappa shape index (κ2) is 11.5. The standard InChI is InChI=1S/C27H23ClF2N4O4S/c28-20-5-2-1-4-18(20)23-9-8-17(15-32-23)25(35)33-24(14-19-21(29)6-3-7-22(19)30)26(36)34-27(16-31)10-12-39(37,38)13-11-27/h1-9,15,24H,10-14H2,(H,33,35)(H,34,36)/t24-/m0/s1. The van der Waals surface area contributed by atoms with E-state index in [2.05, 4.69) is 15.6 Å². The van der Waals surface area contributed by atoms with Gasteiger partial charge in [-0.15, -0.1) is 0 Å². The fraction of sp³-hybridized carbons (Fsp3) is 0.259. The number of carbonyl (C=O) groups is 2. The van der Waals surface area contributed by atoms with Crippen LogP contribution >= 0.6 is 11.6 Å². The van der Waals surface area contributed by atoms with Crippen LogP contribution in [-0.4, -0.2) is 48.3 Å². The van der Waals surface area contributed by atoms with Crippen LogP contribution in [0.5, 0.6) is 0 Å². The molecule has 1 aliphatic heterocycles. The van der Waals surface area contributed by atoms with Crippen LogP contribution in [0.25, 0.3) is 11.3 Å². The Morgan fingerprint density at radius 3 is 2.31 bits per heavy atom. The van der Waals surface area contributed by atoms with Crippen LogP contribution in [0.3, 0.4) is 0 Å². The van der Waals surface area contributed by atoms with Gasteiger partial charge in [-0.2, -0.15) is 5.26 Å². The molecular formula is C27H23ClF2N4O4S. The molecule has 3 aromatic rings. The van der Waals surface area contributed by atoms with E-state index in [1.165, 1.54) is 18.3 Å². The number of sulfone groups is 1. The third-order valence-electron chi connectivity index (χ3n) is 6.52. The summed E-state index contributed by atoms with van der Waals surface area (Å²) >= 11 is 6.20. The van der Waals surface area contributed by atoms with Crippen molar-refractivity contribution in [3.05, 3.63) is 88.6 Å². The third-order valence-corrected chi connectivity index (χ3v) is 8.51. The average molecular weight is 573 g/mol. The molecule has 0 saturated carbocycles. The van der Waals surface area contributed by atoms with E-state index >= 15 is 0 Å². The molecule has 1 aliphatic rings. The van der Waals surface area contributed by atoms with Crippen molar-refractivity contribution in [1.82, 2.24) is 15.6 Å². The number of halogens is 3. The lowest BCUT2D eigenvalue weighted by Crippen LogP contribution is -2.58. The summed E-state index contributed by atoms with van der Waals surface area (Å²) < 4.78 is 52.6. The van der Waals surface area contributed by atoms with E-state index in [0.29, 0.717) is 16.3 Å². The molecule has 0 spiro atoms. The van der Waals surface area contributed by atoms with Gasteiger partial charge in [0.25, 0.3) is 5.91 Å². The summed E-state index contributed by atoms with van der Waals surface area (Å²) in [6.07, 6.45) is 0.413. The number of hydrogen-bond donors (Lipinski definition) is 2. The van der Waals surface area contributed by atoms with E-state index in [-0.39, 0.29) is 29.9 Å². The highest BCUT2D eigenvalue weighted by atomic mass is 35.5. The first-order valence-corrected chi connectivity index (χ1v) is 14.1. The quantitative estimate of drug-likeness (QED) is 0.445. The third kappa shape index (κ3) is 6.58. The lowest BCUT2D eigenvalue weighted by atomic mass is 9.93. The van der Waals surface area contributed by atoms with E-state index in [1.807, 2.05) is 6.07 Å². The Balaban J connectivity index is 1.58. The highest BCUT2D eigenvalue weighted by Crippen LogP contribution is 2.26. The molecule has 1 aromatic heterocycles. The molecule has 8 nitrogen and oxygen atoms in total. The van der Waals surface area contributed by atoms with E-state index in [9.17, 15) is 32.0 Å². The number of pyridine rings is 1. The van der Waals surface area contributed by atoms with Crippen LogP contribution in [-0.2, 0) is 21.1 Å². The van der Waals surface area contributed by atoms with Crippen molar-refractivity contribution in [3.63, 3.8) is 0 Å². The second-order valence-electron chi connectivity index (χ2n) is 9.18. The van der Waals surface area contributed by atoms with Gasteiger partial charge < -0.3 is 10.6 Å². The van der Waals surface area contributed by atoms with Gasteiger partial charge in [0.05, 0.1) is 28.8 Å². The van der Waals surface area contributed by atoms with E-state index in [4.69, 9.17) is 11.6 Å². The highest BCUT2D eigenvalue weighted by Gasteiger charge is 2.40. The van der Waals surface area contributed by atoms with Crippen molar-refractivity contribution in [2.24, 2.45) is 0 Å². The van der Waals surface area contributed by atoms with Gasteiger partial charge in [0, 0.05) is 28.8 Å².